The van der Waals surface area contributed by atoms with Gasteiger partial charge in [-0.25, -0.2) is 9.69 Å². The molecule has 5 rings (SSSR count). The van der Waals surface area contributed by atoms with E-state index >= 15 is 0 Å². The number of nitrogens with zero attached hydrogens (tertiary/aromatic N) is 2. The first-order chi connectivity index (χ1) is 19.0. The largest absolute Gasteiger partial charge is 0.493 e. The number of fused-ring (bicyclic) bond motifs is 6. The maximum Gasteiger partial charge on any atom is 0.421 e. The van der Waals surface area contributed by atoms with Crippen LogP contribution in [0.2, 0.25) is 0 Å². The fourth-order valence-electron chi connectivity index (χ4n) is 6.52. The summed E-state index contributed by atoms with van der Waals surface area (Å²) < 4.78 is 22.5. The fourth-order valence-corrected chi connectivity index (χ4v) is 6.52. The lowest BCUT2D eigenvalue weighted by atomic mass is 9.59. The van der Waals surface area contributed by atoms with Crippen molar-refractivity contribution in [1.29, 1.82) is 0 Å². The third-order valence-corrected chi connectivity index (χ3v) is 7.87. The molecule has 0 N–H and O–H groups in total. The Morgan fingerprint density at radius 3 is 2.40 bits per heavy atom. The van der Waals surface area contributed by atoms with Crippen molar-refractivity contribution in [2.45, 2.75) is 58.1 Å². The summed E-state index contributed by atoms with van der Waals surface area (Å²) in [4.78, 5) is 45.6. The smallest absolute Gasteiger partial charge is 0.421 e. The molecule has 0 saturated carbocycles. The Balaban J connectivity index is 1.83. The summed E-state index contributed by atoms with van der Waals surface area (Å²) in [5.41, 5.74) is 1.14. The second-order valence-corrected chi connectivity index (χ2v) is 11.4. The molecule has 2 aromatic rings. The molecular formula is C31H36N2O7. The van der Waals surface area contributed by atoms with Crippen LogP contribution in [0.5, 0.6) is 11.5 Å². The van der Waals surface area contributed by atoms with Gasteiger partial charge >= 0.3 is 12.1 Å². The number of ether oxygens (including phenoxy) is 4. The number of carbonyl (C=O) groups is 3. The van der Waals surface area contributed by atoms with Gasteiger partial charge in [0.2, 0.25) is 0 Å². The Bertz CT molecular complexity index is 1410. The number of benzene rings is 2. The van der Waals surface area contributed by atoms with Crippen LogP contribution >= 0.6 is 0 Å². The first kappa shape index (κ1) is 27.6. The highest BCUT2D eigenvalue weighted by molar-refractivity contribution is 6.23. The zero-order chi connectivity index (χ0) is 29.0. The summed E-state index contributed by atoms with van der Waals surface area (Å²) >= 11 is 0. The van der Waals surface area contributed by atoms with Gasteiger partial charge in [0.05, 0.1) is 32.6 Å². The van der Waals surface area contributed by atoms with Crippen molar-refractivity contribution in [3.8, 4) is 11.5 Å². The normalized spacial score (nSPS) is 23.2. The third kappa shape index (κ3) is 4.01. The summed E-state index contributed by atoms with van der Waals surface area (Å²) in [6.07, 6.45) is 1.86. The summed E-state index contributed by atoms with van der Waals surface area (Å²) in [7, 11) is 3.15. The van der Waals surface area contributed by atoms with Crippen molar-refractivity contribution >= 4 is 23.7 Å². The van der Waals surface area contributed by atoms with Crippen LogP contribution in [0, 0.1) is 5.92 Å². The number of esters is 1. The maximum atomic E-state index is 15.0. The van der Waals surface area contributed by atoms with Gasteiger partial charge in [-0.05, 0) is 87.7 Å². The topological polar surface area (TPSA) is 94.6 Å². The molecule has 0 bridgehead atoms. The molecule has 0 saturated heterocycles. The van der Waals surface area contributed by atoms with Crippen molar-refractivity contribution in [2.24, 2.45) is 5.92 Å². The number of hydrogen-bond acceptors (Lipinski definition) is 8. The van der Waals surface area contributed by atoms with Gasteiger partial charge in [0.1, 0.15) is 16.9 Å². The van der Waals surface area contributed by atoms with Crippen LogP contribution < -0.4 is 14.4 Å². The molecule has 3 atom stereocenters. The van der Waals surface area contributed by atoms with E-state index in [1.54, 1.807) is 54.0 Å². The molecule has 3 heterocycles. The Kier molecular flexibility index (Phi) is 6.80. The lowest BCUT2D eigenvalue weighted by Crippen LogP contribution is -2.60. The van der Waals surface area contributed by atoms with E-state index in [1.165, 1.54) is 0 Å². The second-order valence-electron chi connectivity index (χ2n) is 11.4. The number of methoxy groups -OCH3 is 2. The van der Waals surface area contributed by atoms with Crippen LogP contribution in [0.1, 0.15) is 57.4 Å². The highest BCUT2D eigenvalue weighted by atomic mass is 16.6. The zero-order valence-electron chi connectivity index (χ0n) is 24.1. The van der Waals surface area contributed by atoms with Crippen LogP contribution in [-0.4, -0.2) is 55.8 Å². The van der Waals surface area contributed by atoms with Crippen LogP contribution in [0.3, 0.4) is 0 Å². The fraction of sp³-hybridized carbons (Fsp3) is 0.452. The molecule has 1 spiro atoms. The second kappa shape index (κ2) is 9.87. The van der Waals surface area contributed by atoms with E-state index < -0.39 is 40.9 Å². The van der Waals surface area contributed by atoms with Gasteiger partial charge in [0.25, 0.3) is 5.91 Å². The number of rotatable bonds is 4. The first-order valence-corrected chi connectivity index (χ1v) is 13.5. The molecule has 2 aromatic carbocycles. The standard InChI is InChI=1S/C31H36N2O7/c1-8-39-27(34)25-18(2)17-32-14-13-19-15-23(37-6)24(38-7)16-20(19)26(32)31(25)21-11-9-10-12-22(21)33(28(31)35)29(36)40-30(3,4)5/h9-12,15-17,25-26H,8,13-14H2,1-7H3/t25-,26+,31+/m0/s1. The van der Waals surface area contributed by atoms with Crippen molar-refractivity contribution in [3.63, 3.8) is 0 Å². The van der Waals surface area contributed by atoms with Gasteiger partial charge in [-0.1, -0.05) is 18.2 Å². The molecule has 3 aliphatic rings. The van der Waals surface area contributed by atoms with Crippen molar-refractivity contribution < 1.29 is 33.3 Å². The van der Waals surface area contributed by atoms with Crippen LogP contribution in [-0.2, 0) is 30.9 Å². The first-order valence-electron chi connectivity index (χ1n) is 13.5. The van der Waals surface area contributed by atoms with E-state index in [4.69, 9.17) is 18.9 Å². The van der Waals surface area contributed by atoms with Crippen LogP contribution in [0.4, 0.5) is 10.5 Å². The summed E-state index contributed by atoms with van der Waals surface area (Å²) in [6.45, 7) is 9.59. The van der Waals surface area contributed by atoms with Crippen LogP contribution in [0.25, 0.3) is 0 Å². The monoisotopic (exact) mass is 548 g/mol. The van der Waals surface area contributed by atoms with Crippen molar-refractivity contribution in [1.82, 2.24) is 4.90 Å². The number of anilines is 1. The summed E-state index contributed by atoms with van der Waals surface area (Å²) in [6, 6.07) is 10.3. The minimum atomic E-state index is -1.51. The molecule has 0 fully saturated rings. The van der Waals surface area contributed by atoms with Gasteiger partial charge in [-0.15, -0.1) is 0 Å². The molecule has 0 aliphatic carbocycles. The Hall–Kier alpha value is -4.01. The molecule has 0 radical (unpaired) electrons. The molecule has 0 aromatic heterocycles. The quantitative estimate of drug-likeness (QED) is 0.497. The van der Waals surface area contributed by atoms with Gasteiger partial charge < -0.3 is 23.8 Å². The number of imide groups is 1. The van der Waals surface area contributed by atoms with Gasteiger partial charge in [-0.3, -0.25) is 9.59 Å². The SMILES string of the molecule is CCOC(=O)[C@@H]1C(C)=CN2CCc3cc(OC)c(OC)cc3[C@@H]2[C@]12C(=O)N(C(=O)OC(C)(C)C)c1ccccc12. The van der Waals surface area contributed by atoms with Crippen molar-refractivity contribution in [2.75, 3.05) is 32.3 Å². The lowest BCUT2D eigenvalue weighted by molar-refractivity contribution is -0.154. The number of para-hydroxylation sites is 1. The Morgan fingerprint density at radius 1 is 1.07 bits per heavy atom. The Morgan fingerprint density at radius 2 is 1.75 bits per heavy atom. The molecule has 9 heteroatoms. The predicted molar refractivity (Wildman–Crippen MR) is 148 cm³/mol. The van der Waals surface area contributed by atoms with E-state index in [9.17, 15) is 14.4 Å². The highest BCUT2D eigenvalue weighted by Gasteiger charge is 2.67. The van der Waals surface area contributed by atoms with E-state index in [1.807, 2.05) is 37.4 Å². The summed E-state index contributed by atoms with van der Waals surface area (Å²) in [5.74, 6) is -0.917. The average Bonchev–Trinajstić information content (AvgIpc) is 3.15. The van der Waals surface area contributed by atoms with Gasteiger partial charge in [0, 0.05) is 6.54 Å². The van der Waals surface area contributed by atoms with Crippen LogP contribution in [0.15, 0.2) is 48.2 Å². The van der Waals surface area contributed by atoms with E-state index in [-0.39, 0.29) is 6.61 Å². The van der Waals surface area contributed by atoms with E-state index in [2.05, 4.69) is 4.90 Å². The molecular weight excluding hydrogens is 512 g/mol. The number of amides is 2. The third-order valence-electron chi connectivity index (χ3n) is 7.87. The minimum Gasteiger partial charge on any atom is -0.493 e. The maximum absolute atomic E-state index is 15.0. The lowest BCUT2D eigenvalue weighted by Gasteiger charge is -2.52. The van der Waals surface area contributed by atoms with Gasteiger partial charge in [-0.2, -0.15) is 0 Å². The number of hydrogen-bond donors (Lipinski definition) is 0. The van der Waals surface area contributed by atoms with E-state index in [0.717, 1.165) is 16.0 Å². The minimum absolute atomic E-state index is 0.153. The predicted octanol–water partition coefficient (Wildman–Crippen LogP) is 4.92. The zero-order valence-corrected chi connectivity index (χ0v) is 24.1. The molecule has 212 valence electrons. The van der Waals surface area contributed by atoms with Crippen molar-refractivity contribution in [3.05, 3.63) is 64.9 Å². The Labute approximate surface area is 234 Å². The average molecular weight is 549 g/mol. The van der Waals surface area contributed by atoms with Gasteiger partial charge in [0.15, 0.2) is 11.5 Å². The molecule has 0 unspecified atom stereocenters. The highest BCUT2D eigenvalue weighted by Crippen LogP contribution is 2.61. The van der Waals surface area contributed by atoms with E-state index in [0.29, 0.717) is 41.3 Å². The molecule has 40 heavy (non-hydrogen) atoms. The number of carbonyl (C=O) groups excluding carboxylic acids is 3. The summed E-state index contributed by atoms with van der Waals surface area (Å²) in [5, 5.41) is 0. The molecule has 3 aliphatic heterocycles. The molecule has 9 nitrogen and oxygen atoms in total. The molecule has 2 amide bonds.